The summed E-state index contributed by atoms with van der Waals surface area (Å²) in [5.41, 5.74) is 2.61. The van der Waals surface area contributed by atoms with Gasteiger partial charge in [-0.15, -0.1) is 11.8 Å². The number of halogens is 1. The fourth-order valence-electron chi connectivity index (χ4n) is 2.28. The van der Waals surface area contributed by atoms with E-state index in [0.717, 1.165) is 4.47 Å². The van der Waals surface area contributed by atoms with Crippen LogP contribution in [0, 0.1) is 0 Å². The molecule has 1 N–H and O–H groups in total. The third-order valence-corrected chi connectivity index (χ3v) is 4.95. The molecule has 0 aliphatic rings. The third kappa shape index (κ3) is 3.87. The van der Waals surface area contributed by atoms with Gasteiger partial charge in [0.2, 0.25) is 0 Å². The Kier molecular flexibility index (Phi) is 5.70. The molecule has 0 amide bonds. The van der Waals surface area contributed by atoms with Gasteiger partial charge in [-0.3, -0.25) is 0 Å². The quantitative estimate of drug-likeness (QED) is 0.706. The molecule has 1 unspecified atom stereocenters. The van der Waals surface area contributed by atoms with Gasteiger partial charge in [-0.2, -0.15) is 0 Å². The highest BCUT2D eigenvalue weighted by molar-refractivity contribution is 9.10. The van der Waals surface area contributed by atoms with Crippen molar-refractivity contribution in [3.05, 3.63) is 64.1 Å². The summed E-state index contributed by atoms with van der Waals surface area (Å²) >= 11 is 5.39. The second-order valence-corrected chi connectivity index (χ2v) is 6.64. The molecular weight excluding hydrogens is 330 g/mol. The van der Waals surface area contributed by atoms with Crippen molar-refractivity contribution < 1.29 is 0 Å². The Labute approximate surface area is 134 Å². The first-order chi connectivity index (χ1) is 9.61. The van der Waals surface area contributed by atoms with E-state index in [-0.39, 0.29) is 0 Å². The minimum Gasteiger partial charge on any atom is -0.304 e. The van der Waals surface area contributed by atoms with Crippen LogP contribution in [0.2, 0.25) is 0 Å². The van der Waals surface area contributed by atoms with Crippen LogP contribution in [0.25, 0.3) is 0 Å². The van der Waals surface area contributed by atoms with Gasteiger partial charge in [0, 0.05) is 21.5 Å². The predicted molar refractivity (Wildman–Crippen MR) is 92.3 cm³/mol. The topological polar surface area (TPSA) is 12.0 Å². The first kappa shape index (κ1) is 15.6. The number of rotatable bonds is 5. The van der Waals surface area contributed by atoms with Crippen molar-refractivity contribution in [2.45, 2.75) is 30.8 Å². The van der Waals surface area contributed by atoms with E-state index in [9.17, 15) is 0 Å². The minimum absolute atomic E-state index is 0.306. The van der Waals surface area contributed by atoms with Crippen LogP contribution in [0.15, 0.2) is 57.9 Å². The second-order valence-electron chi connectivity index (χ2n) is 4.90. The van der Waals surface area contributed by atoms with Gasteiger partial charge in [-0.25, -0.2) is 0 Å². The molecule has 0 spiro atoms. The van der Waals surface area contributed by atoms with Crippen LogP contribution in [-0.2, 0) is 0 Å². The van der Waals surface area contributed by atoms with Crippen molar-refractivity contribution in [1.29, 1.82) is 0 Å². The van der Waals surface area contributed by atoms with Crippen molar-refractivity contribution in [2.75, 3.05) is 6.26 Å². The molecular formula is C17H20BrNS. The van der Waals surface area contributed by atoms with E-state index in [1.807, 2.05) is 6.07 Å². The molecule has 3 heteroatoms. The lowest BCUT2D eigenvalue weighted by Crippen LogP contribution is -2.22. The molecule has 0 saturated heterocycles. The van der Waals surface area contributed by atoms with E-state index >= 15 is 0 Å². The predicted octanol–water partition coefficient (Wildman–Crippen LogP) is 5.58. The minimum atomic E-state index is 0.306. The largest absolute Gasteiger partial charge is 0.304 e. The average molecular weight is 350 g/mol. The molecule has 2 aromatic rings. The van der Waals surface area contributed by atoms with Crippen molar-refractivity contribution in [1.82, 2.24) is 5.32 Å². The molecule has 2 aromatic carbocycles. The van der Waals surface area contributed by atoms with Crippen molar-refractivity contribution >= 4 is 27.7 Å². The summed E-state index contributed by atoms with van der Waals surface area (Å²) in [4.78, 5) is 1.31. The van der Waals surface area contributed by atoms with Crippen LogP contribution >= 0.6 is 27.7 Å². The Bertz CT molecular complexity index is 553. The highest BCUT2D eigenvalue weighted by Crippen LogP contribution is 2.26. The SMILES string of the molecule is CSc1ccc(C(C)N[C@@H](C)c2ccccc2Br)cc1. The first-order valence-corrected chi connectivity index (χ1v) is 8.78. The lowest BCUT2D eigenvalue weighted by Gasteiger charge is -2.22. The molecule has 2 rings (SSSR count). The Morgan fingerprint density at radius 3 is 2.20 bits per heavy atom. The highest BCUT2D eigenvalue weighted by atomic mass is 79.9. The fraction of sp³-hybridized carbons (Fsp3) is 0.294. The standard InChI is InChI=1S/C17H20BrNS/c1-12(14-8-10-15(20-3)11-9-14)19-13(2)16-6-4-5-7-17(16)18/h4-13,19H,1-3H3/t12?,13-/m0/s1. The molecule has 0 radical (unpaired) electrons. The molecule has 0 aromatic heterocycles. The zero-order valence-electron chi connectivity index (χ0n) is 12.1. The van der Waals surface area contributed by atoms with E-state index in [1.54, 1.807) is 11.8 Å². The molecule has 20 heavy (non-hydrogen) atoms. The lowest BCUT2D eigenvalue weighted by molar-refractivity contribution is 0.493. The Balaban J connectivity index is 2.06. The molecule has 0 heterocycles. The lowest BCUT2D eigenvalue weighted by atomic mass is 10.0. The number of hydrogen-bond acceptors (Lipinski definition) is 2. The van der Waals surface area contributed by atoms with Crippen LogP contribution in [-0.4, -0.2) is 6.26 Å². The highest BCUT2D eigenvalue weighted by Gasteiger charge is 2.13. The van der Waals surface area contributed by atoms with E-state index in [2.05, 4.69) is 83.8 Å². The number of nitrogens with one attached hydrogen (secondary N) is 1. The molecule has 106 valence electrons. The summed E-state index contributed by atoms with van der Waals surface area (Å²) < 4.78 is 1.16. The molecule has 0 fully saturated rings. The molecule has 0 saturated carbocycles. The molecule has 0 aliphatic heterocycles. The van der Waals surface area contributed by atoms with Gasteiger partial charge in [-0.1, -0.05) is 46.3 Å². The first-order valence-electron chi connectivity index (χ1n) is 6.76. The van der Waals surface area contributed by atoms with E-state index in [0.29, 0.717) is 12.1 Å². The second kappa shape index (κ2) is 7.30. The number of thioether (sulfide) groups is 1. The summed E-state index contributed by atoms with van der Waals surface area (Å²) in [6.07, 6.45) is 2.10. The molecule has 0 aliphatic carbocycles. The van der Waals surface area contributed by atoms with Gasteiger partial charge in [0.15, 0.2) is 0 Å². The zero-order valence-corrected chi connectivity index (χ0v) is 14.5. The van der Waals surface area contributed by atoms with Crippen LogP contribution in [0.3, 0.4) is 0 Å². The Morgan fingerprint density at radius 2 is 1.60 bits per heavy atom. The van der Waals surface area contributed by atoms with Gasteiger partial charge in [0.25, 0.3) is 0 Å². The van der Waals surface area contributed by atoms with Gasteiger partial charge in [0.05, 0.1) is 0 Å². The van der Waals surface area contributed by atoms with Crippen molar-refractivity contribution in [2.24, 2.45) is 0 Å². The maximum Gasteiger partial charge on any atom is 0.0308 e. The molecule has 1 nitrogen and oxygen atoms in total. The number of hydrogen-bond donors (Lipinski definition) is 1. The number of benzene rings is 2. The maximum absolute atomic E-state index is 3.65. The van der Waals surface area contributed by atoms with E-state index in [4.69, 9.17) is 0 Å². The van der Waals surface area contributed by atoms with Crippen molar-refractivity contribution in [3.8, 4) is 0 Å². The van der Waals surface area contributed by atoms with Gasteiger partial charge >= 0.3 is 0 Å². The maximum atomic E-state index is 3.65. The average Bonchev–Trinajstić information content (AvgIpc) is 2.47. The van der Waals surface area contributed by atoms with Crippen LogP contribution in [0.4, 0.5) is 0 Å². The Hall–Kier alpha value is -0.770. The van der Waals surface area contributed by atoms with Crippen LogP contribution in [0.1, 0.15) is 37.1 Å². The van der Waals surface area contributed by atoms with E-state index < -0.39 is 0 Å². The summed E-state index contributed by atoms with van der Waals surface area (Å²) in [6, 6.07) is 17.8. The summed E-state index contributed by atoms with van der Waals surface area (Å²) in [5, 5.41) is 3.65. The van der Waals surface area contributed by atoms with Crippen LogP contribution in [0.5, 0.6) is 0 Å². The molecule has 2 atom stereocenters. The Morgan fingerprint density at radius 1 is 0.950 bits per heavy atom. The third-order valence-electron chi connectivity index (χ3n) is 3.49. The van der Waals surface area contributed by atoms with Crippen molar-refractivity contribution in [3.63, 3.8) is 0 Å². The summed E-state index contributed by atoms with van der Waals surface area (Å²) in [7, 11) is 0. The van der Waals surface area contributed by atoms with Gasteiger partial charge < -0.3 is 5.32 Å². The monoisotopic (exact) mass is 349 g/mol. The fourth-order valence-corrected chi connectivity index (χ4v) is 3.32. The smallest absolute Gasteiger partial charge is 0.0308 e. The van der Waals surface area contributed by atoms with Crippen LogP contribution < -0.4 is 5.32 Å². The zero-order chi connectivity index (χ0) is 14.5. The summed E-state index contributed by atoms with van der Waals surface area (Å²) in [6.45, 7) is 4.41. The molecule has 0 bridgehead atoms. The summed E-state index contributed by atoms with van der Waals surface area (Å²) in [5.74, 6) is 0. The van der Waals surface area contributed by atoms with Gasteiger partial charge in [-0.05, 0) is 49.4 Å². The van der Waals surface area contributed by atoms with Gasteiger partial charge in [0.1, 0.15) is 0 Å². The van der Waals surface area contributed by atoms with E-state index in [1.165, 1.54) is 16.0 Å². The normalized spacial score (nSPS) is 14.0.